The number of benzene rings is 14. The first-order chi connectivity index (χ1) is 48.8. The summed E-state index contributed by atoms with van der Waals surface area (Å²) >= 11 is 0. The van der Waals surface area contributed by atoms with Gasteiger partial charge < -0.3 is 9.80 Å². The lowest BCUT2D eigenvalue weighted by molar-refractivity contribution is 0.641. The summed E-state index contributed by atoms with van der Waals surface area (Å²) in [5.41, 5.74) is 43.2. The van der Waals surface area contributed by atoms with Crippen LogP contribution in [-0.4, -0.2) is 0 Å². The van der Waals surface area contributed by atoms with Crippen molar-refractivity contribution in [2.45, 2.75) is 102 Å². The molecule has 2 heteroatoms. The number of rotatable bonds is 16. The molecule has 0 atom stereocenters. The van der Waals surface area contributed by atoms with Crippen LogP contribution >= 0.6 is 0 Å². The van der Waals surface area contributed by atoms with Crippen LogP contribution in [0, 0.1) is 83.1 Å². The van der Waals surface area contributed by atoms with Gasteiger partial charge in [-0.1, -0.05) is 254 Å². The van der Waals surface area contributed by atoms with Gasteiger partial charge in [-0.25, -0.2) is 0 Å². The van der Waals surface area contributed by atoms with Gasteiger partial charge >= 0.3 is 0 Å². The van der Waals surface area contributed by atoms with Crippen LogP contribution in [0.3, 0.4) is 0 Å². The predicted molar refractivity (Wildman–Crippen MR) is 435 cm³/mol. The Morgan fingerprint density at radius 3 is 0.614 bits per heavy atom. The maximum Gasteiger partial charge on any atom is 0.0540 e. The van der Waals surface area contributed by atoms with Crippen molar-refractivity contribution in [1.82, 2.24) is 0 Å². The highest BCUT2D eigenvalue weighted by atomic mass is 15.2. The SMILES string of the molecule is Cc1cc(C)c(-c2cccc(-c3ccccc3N(c3ccc(C(C)(C)c4ccc(N(c5ccccc5-c5cccc(-c6c(C)cc(C)cc6C)c5)c5ccccc5-c5cccc(-c6c(C)cc(C)cc6C)c5)cc4)cc3)c3ccccc3-c3cccc(-c4c(C)cc(C)cc4C)c3)c2)c(C)c1. The van der Waals surface area contributed by atoms with Crippen molar-refractivity contribution >= 4 is 34.1 Å². The summed E-state index contributed by atoms with van der Waals surface area (Å²) < 4.78 is 0. The van der Waals surface area contributed by atoms with Crippen molar-refractivity contribution in [3.8, 4) is 89.0 Å². The zero-order valence-corrected chi connectivity index (χ0v) is 61.1. The van der Waals surface area contributed by atoms with E-state index < -0.39 is 5.41 Å². The molecule has 0 saturated heterocycles. The zero-order chi connectivity index (χ0) is 70.4. The van der Waals surface area contributed by atoms with Gasteiger partial charge in [0.25, 0.3) is 0 Å². The summed E-state index contributed by atoms with van der Waals surface area (Å²) in [4.78, 5) is 4.98. The third-order valence-corrected chi connectivity index (χ3v) is 20.8. The minimum Gasteiger partial charge on any atom is -0.309 e. The summed E-state index contributed by atoms with van der Waals surface area (Å²) in [6, 6.07) is 110. The van der Waals surface area contributed by atoms with E-state index in [0.717, 1.165) is 78.6 Å². The third-order valence-electron chi connectivity index (χ3n) is 20.8. The van der Waals surface area contributed by atoms with Gasteiger partial charge in [0.15, 0.2) is 0 Å². The molecule has 0 bridgehead atoms. The van der Waals surface area contributed by atoms with E-state index in [1.54, 1.807) is 0 Å². The van der Waals surface area contributed by atoms with E-state index in [-0.39, 0.29) is 0 Å². The molecule has 496 valence electrons. The molecule has 0 heterocycles. The standard InChI is InChI=1S/C99H90N2/c1-63-51-67(5)95(68(6)52-63)79-31-23-27-75(59-79)87-35-15-19-39-91(87)100(92-40-20-16-36-88(92)76-28-24-32-80(60-76)96-69(7)53-64(2)54-70(96)8)85-47-43-83(44-48-85)99(13,14)84-45-49-86(50-46-84)101(93-41-21-17-37-89(93)77-29-25-33-81(61-77)97-71(9)55-65(3)56-72(97)10)94-42-22-18-38-90(94)78-30-26-34-82(62-78)98-73(11)57-66(4)58-74(98)12/h15-62H,1-14H3. The molecule has 14 aromatic rings. The van der Waals surface area contributed by atoms with Crippen molar-refractivity contribution in [3.63, 3.8) is 0 Å². The van der Waals surface area contributed by atoms with Crippen molar-refractivity contribution in [1.29, 1.82) is 0 Å². The molecule has 0 aromatic heterocycles. The van der Waals surface area contributed by atoms with E-state index in [0.29, 0.717) is 0 Å². The Balaban J connectivity index is 0.880. The molecule has 0 aliphatic rings. The van der Waals surface area contributed by atoms with Crippen molar-refractivity contribution in [3.05, 3.63) is 369 Å². The molecule has 101 heavy (non-hydrogen) atoms. The van der Waals surface area contributed by atoms with Gasteiger partial charge in [0.2, 0.25) is 0 Å². The van der Waals surface area contributed by atoms with Crippen LogP contribution in [0.1, 0.15) is 91.7 Å². The monoisotopic (exact) mass is 1310 g/mol. The Bertz CT molecular complexity index is 4740. The lowest BCUT2D eigenvalue weighted by atomic mass is 9.78. The Morgan fingerprint density at radius 1 is 0.198 bits per heavy atom. The van der Waals surface area contributed by atoms with Crippen molar-refractivity contribution in [2.75, 3.05) is 9.80 Å². The first-order valence-corrected chi connectivity index (χ1v) is 35.7. The van der Waals surface area contributed by atoms with E-state index >= 15 is 0 Å². The fourth-order valence-corrected chi connectivity index (χ4v) is 16.6. The van der Waals surface area contributed by atoms with Gasteiger partial charge in [-0.3, -0.25) is 0 Å². The van der Waals surface area contributed by atoms with E-state index in [9.17, 15) is 0 Å². The Kier molecular flexibility index (Phi) is 18.4. The van der Waals surface area contributed by atoms with E-state index in [2.05, 4.69) is 398 Å². The van der Waals surface area contributed by atoms with Crippen LogP contribution in [0.4, 0.5) is 34.1 Å². The molecule has 0 amide bonds. The van der Waals surface area contributed by atoms with Gasteiger partial charge in [-0.2, -0.15) is 0 Å². The van der Waals surface area contributed by atoms with Crippen LogP contribution in [0.15, 0.2) is 291 Å². The number of para-hydroxylation sites is 4. The predicted octanol–water partition coefficient (Wildman–Crippen LogP) is 28.0. The molecule has 0 fully saturated rings. The summed E-state index contributed by atoms with van der Waals surface area (Å²) in [5, 5.41) is 0. The van der Waals surface area contributed by atoms with Gasteiger partial charge in [-0.15, -0.1) is 0 Å². The largest absolute Gasteiger partial charge is 0.309 e. The van der Waals surface area contributed by atoms with E-state index in [1.807, 2.05) is 0 Å². The molecule has 14 rings (SSSR count). The Hall–Kier alpha value is -11.3. The smallest absolute Gasteiger partial charge is 0.0540 e. The van der Waals surface area contributed by atoms with E-state index in [4.69, 9.17) is 0 Å². The van der Waals surface area contributed by atoms with Crippen LogP contribution < -0.4 is 9.80 Å². The number of anilines is 6. The molecule has 2 nitrogen and oxygen atoms in total. The molecule has 0 aliphatic heterocycles. The number of hydrogen-bond donors (Lipinski definition) is 0. The highest BCUT2D eigenvalue weighted by Crippen LogP contribution is 2.50. The second-order valence-electron chi connectivity index (χ2n) is 28.9. The minimum absolute atomic E-state index is 0.392. The second kappa shape index (κ2) is 27.8. The summed E-state index contributed by atoms with van der Waals surface area (Å²) in [5.74, 6) is 0. The molecule has 0 aliphatic carbocycles. The van der Waals surface area contributed by atoms with Gasteiger partial charge in [0.1, 0.15) is 0 Å². The summed E-state index contributed by atoms with van der Waals surface area (Å²) in [6.07, 6.45) is 0. The first-order valence-electron chi connectivity index (χ1n) is 35.7. The van der Waals surface area contributed by atoms with Gasteiger partial charge in [-0.05, 0) is 278 Å². The number of aryl methyl sites for hydroxylation is 12. The molecule has 0 saturated carbocycles. The number of hydrogen-bond acceptors (Lipinski definition) is 2. The average molecular weight is 1310 g/mol. The topological polar surface area (TPSA) is 6.48 Å². The fourth-order valence-electron chi connectivity index (χ4n) is 16.6. The van der Waals surface area contributed by atoms with Gasteiger partial charge in [0, 0.05) is 39.0 Å². The molecule has 14 aromatic carbocycles. The minimum atomic E-state index is -0.392. The third kappa shape index (κ3) is 13.2. The van der Waals surface area contributed by atoms with E-state index in [1.165, 1.54) is 122 Å². The maximum absolute atomic E-state index is 2.49. The molecule has 0 unspecified atom stereocenters. The van der Waals surface area contributed by atoms with Crippen molar-refractivity contribution < 1.29 is 0 Å². The lowest BCUT2D eigenvalue weighted by Gasteiger charge is -2.32. The normalized spacial score (nSPS) is 11.5. The highest BCUT2D eigenvalue weighted by Gasteiger charge is 2.28. The van der Waals surface area contributed by atoms with Crippen LogP contribution in [0.25, 0.3) is 89.0 Å². The number of nitrogens with zero attached hydrogens (tertiary/aromatic N) is 2. The molecule has 0 N–H and O–H groups in total. The molecule has 0 spiro atoms. The lowest BCUT2D eigenvalue weighted by Crippen LogP contribution is -2.20. The van der Waals surface area contributed by atoms with Crippen LogP contribution in [0.2, 0.25) is 0 Å². The first kappa shape index (κ1) is 66.9. The van der Waals surface area contributed by atoms with Crippen LogP contribution in [-0.2, 0) is 5.41 Å². The highest BCUT2D eigenvalue weighted by molar-refractivity contribution is 5.97. The molecule has 0 radical (unpaired) electrons. The van der Waals surface area contributed by atoms with Crippen LogP contribution in [0.5, 0.6) is 0 Å². The molecular formula is C99H90N2. The van der Waals surface area contributed by atoms with Gasteiger partial charge in [0.05, 0.1) is 22.7 Å². The fraction of sp³-hybridized carbons (Fsp3) is 0.152. The molecular weight excluding hydrogens is 1220 g/mol. The average Bonchev–Trinajstić information content (AvgIpc) is 0.760. The summed E-state index contributed by atoms with van der Waals surface area (Å²) in [7, 11) is 0. The Morgan fingerprint density at radius 2 is 0.396 bits per heavy atom. The Labute approximate surface area is 600 Å². The second-order valence-corrected chi connectivity index (χ2v) is 28.9. The summed E-state index contributed by atoms with van der Waals surface area (Å²) in [6.45, 7) is 31.4. The maximum atomic E-state index is 2.49. The van der Waals surface area contributed by atoms with Crippen molar-refractivity contribution in [2.24, 2.45) is 0 Å². The quantitative estimate of drug-likeness (QED) is 0.0951. The zero-order valence-electron chi connectivity index (χ0n) is 61.1.